The highest BCUT2D eigenvalue weighted by molar-refractivity contribution is 6.30. The van der Waals surface area contributed by atoms with E-state index in [9.17, 15) is 4.79 Å². The van der Waals surface area contributed by atoms with E-state index in [0.717, 1.165) is 11.3 Å². The predicted octanol–water partition coefficient (Wildman–Crippen LogP) is 4.02. The number of hydrogen-bond donors (Lipinski definition) is 0. The van der Waals surface area contributed by atoms with E-state index in [1.807, 2.05) is 24.3 Å². The van der Waals surface area contributed by atoms with Crippen LogP contribution in [0.3, 0.4) is 0 Å². The van der Waals surface area contributed by atoms with Crippen LogP contribution in [0.2, 0.25) is 5.02 Å². The zero-order valence-electron chi connectivity index (χ0n) is 12.8. The number of ether oxygens (including phenoxy) is 2. The largest absolute Gasteiger partial charge is 0.497 e. The van der Waals surface area contributed by atoms with Crippen molar-refractivity contribution in [3.8, 4) is 22.9 Å². The first-order valence-corrected chi connectivity index (χ1v) is 7.49. The summed E-state index contributed by atoms with van der Waals surface area (Å²) in [5.41, 5.74) is 1.95. The molecule has 24 heavy (non-hydrogen) atoms. The first-order chi connectivity index (χ1) is 11.7. The molecule has 0 aliphatic rings. The number of esters is 1. The Bertz CT molecular complexity index is 832. The number of methoxy groups -OCH3 is 1. The number of nitrogens with zero attached hydrogens (tertiary/aromatic N) is 2. The van der Waals surface area contributed by atoms with Crippen LogP contribution in [0.4, 0.5) is 0 Å². The van der Waals surface area contributed by atoms with Gasteiger partial charge in [-0.05, 0) is 54.6 Å². The van der Waals surface area contributed by atoms with Crippen LogP contribution < -0.4 is 9.47 Å². The van der Waals surface area contributed by atoms with Crippen LogP contribution in [0.25, 0.3) is 11.3 Å². The van der Waals surface area contributed by atoms with Gasteiger partial charge in [-0.2, -0.15) is 0 Å². The quantitative estimate of drug-likeness (QED) is 0.671. The molecule has 0 saturated heterocycles. The Kier molecular flexibility index (Phi) is 4.72. The minimum Gasteiger partial charge on any atom is -0.497 e. The number of hydrogen-bond acceptors (Lipinski definition) is 5. The van der Waals surface area contributed by atoms with E-state index in [4.69, 9.17) is 21.1 Å². The van der Waals surface area contributed by atoms with Crippen LogP contribution >= 0.6 is 11.6 Å². The summed E-state index contributed by atoms with van der Waals surface area (Å²) in [5.74, 6) is 0.380. The second kappa shape index (κ2) is 7.10. The van der Waals surface area contributed by atoms with Gasteiger partial charge >= 0.3 is 5.97 Å². The van der Waals surface area contributed by atoms with Crippen molar-refractivity contribution in [2.75, 3.05) is 7.11 Å². The van der Waals surface area contributed by atoms with Crippen molar-refractivity contribution in [1.82, 2.24) is 10.2 Å². The second-order valence-electron chi connectivity index (χ2n) is 4.88. The van der Waals surface area contributed by atoms with Crippen molar-refractivity contribution >= 4 is 17.6 Å². The van der Waals surface area contributed by atoms with Crippen molar-refractivity contribution in [2.45, 2.75) is 0 Å². The van der Waals surface area contributed by atoms with E-state index in [2.05, 4.69) is 10.2 Å². The summed E-state index contributed by atoms with van der Waals surface area (Å²) in [5, 5.41) is 8.56. The lowest BCUT2D eigenvalue weighted by atomic mass is 10.1. The van der Waals surface area contributed by atoms with Gasteiger partial charge in [-0.15, -0.1) is 10.2 Å². The molecular formula is C18H13ClN2O3. The van der Waals surface area contributed by atoms with Gasteiger partial charge in [-0.3, -0.25) is 0 Å². The van der Waals surface area contributed by atoms with E-state index >= 15 is 0 Å². The molecule has 120 valence electrons. The molecule has 0 aliphatic carbocycles. The van der Waals surface area contributed by atoms with E-state index in [1.54, 1.807) is 43.5 Å². The lowest BCUT2D eigenvalue weighted by Gasteiger charge is -2.05. The van der Waals surface area contributed by atoms with E-state index in [1.165, 1.54) is 0 Å². The third kappa shape index (κ3) is 3.70. The van der Waals surface area contributed by atoms with Gasteiger partial charge in [0.1, 0.15) is 5.75 Å². The Morgan fingerprint density at radius 2 is 1.62 bits per heavy atom. The van der Waals surface area contributed by atoms with Gasteiger partial charge < -0.3 is 9.47 Å². The van der Waals surface area contributed by atoms with E-state index in [-0.39, 0.29) is 5.88 Å². The molecule has 0 bridgehead atoms. The van der Waals surface area contributed by atoms with Crippen LogP contribution in [-0.4, -0.2) is 23.3 Å². The maximum Gasteiger partial charge on any atom is 0.344 e. The molecule has 5 nitrogen and oxygen atoms in total. The molecule has 0 N–H and O–H groups in total. The van der Waals surface area contributed by atoms with Crippen molar-refractivity contribution < 1.29 is 14.3 Å². The summed E-state index contributed by atoms with van der Waals surface area (Å²) >= 11 is 5.79. The van der Waals surface area contributed by atoms with Gasteiger partial charge in [0.2, 0.25) is 5.88 Å². The van der Waals surface area contributed by atoms with Crippen LogP contribution in [-0.2, 0) is 0 Å². The molecule has 0 spiro atoms. The molecule has 6 heteroatoms. The highest BCUT2D eigenvalue weighted by Gasteiger charge is 2.10. The lowest BCUT2D eigenvalue weighted by molar-refractivity contribution is 0.0726. The third-order valence-electron chi connectivity index (χ3n) is 3.30. The van der Waals surface area contributed by atoms with Crippen molar-refractivity contribution in [3.63, 3.8) is 0 Å². The summed E-state index contributed by atoms with van der Waals surface area (Å²) in [6.45, 7) is 0. The predicted molar refractivity (Wildman–Crippen MR) is 90.4 cm³/mol. The van der Waals surface area contributed by atoms with Crippen LogP contribution in [0.5, 0.6) is 11.6 Å². The first-order valence-electron chi connectivity index (χ1n) is 7.11. The molecule has 1 heterocycles. The number of benzene rings is 2. The minimum absolute atomic E-state index is 0.132. The van der Waals surface area contributed by atoms with Gasteiger partial charge in [0, 0.05) is 16.7 Å². The summed E-state index contributed by atoms with van der Waals surface area (Å²) in [6.07, 6.45) is 0. The molecule has 0 aliphatic heterocycles. The average Bonchev–Trinajstić information content (AvgIpc) is 2.63. The fraction of sp³-hybridized carbons (Fsp3) is 0.0556. The highest BCUT2D eigenvalue weighted by atomic mass is 35.5. The van der Waals surface area contributed by atoms with Crippen LogP contribution in [0, 0.1) is 0 Å². The van der Waals surface area contributed by atoms with E-state index < -0.39 is 5.97 Å². The maximum absolute atomic E-state index is 12.0. The summed E-state index contributed by atoms with van der Waals surface area (Å²) in [7, 11) is 1.61. The zero-order valence-corrected chi connectivity index (χ0v) is 13.5. The van der Waals surface area contributed by atoms with Gasteiger partial charge in [-0.1, -0.05) is 11.6 Å². The number of halogens is 1. The molecule has 0 atom stereocenters. The summed E-state index contributed by atoms with van der Waals surface area (Å²) in [6, 6.07) is 17.2. The Hall–Kier alpha value is -2.92. The average molecular weight is 341 g/mol. The molecule has 3 aromatic rings. The molecule has 0 amide bonds. The lowest BCUT2D eigenvalue weighted by Crippen LogP contribution is -2.09. The molecule has 0 fully saturated rings. The fourth-order valence-electron chi connectivity index (χ4n) is 2.03. The number of rotatable bonds is 4. The third-order valence-corrected chi connectivity index (χ3v) is 3.56. The van der Waals surface area contributed by atoms with Gasteiger partial charge in [0.25, 0.3) is 0 Å². The molecule has 1 aromatic heterocycles. The van der Waals surface area contributed by atoms with Crippen molar-refractivity contribution in [1.29, 1.82) is 0 Å². The SMILES string of the molecule is COc1ccc(-c2ccc(OC(=O)c3ccc(Cl)cc3)nn2)cc1. The van der Waals surface area contributed by atoms with E-state index in [0.29, 0.717) is 16.3 Å². The van der Waals surface area contributed by atoms with Gasteiger partial charge in [0.15, 0.2) is 0 Å². The molecule has 0 radical (unpaired) electrons. The monoisotopic (exact) mass is 340 g/mol. The van der Waals surface area contributed by atoms with Gasteiger partial charge in [0.05, 0.1) is 18.4 Å². The van der Waals surface area contributed by atoms with Crippen LogP contribution in [0.15, 0.2) is 60.7 Å². The second-order valence-corrected chi connectivity index (χ2v) is 5.32. The fourth-order valence-corrected chi connectivity index (χ4v) is 2.16. The Morgan fingerprint density at radius 1 is 0.917 bits per heavy atom. The molecule has 0 unspecified atom stereocenters. The molecule has 0 saturated carbocycles. The Labute approximate surface area is 143 Å². The van der Waals surface area contributed by atoms with Crippen molar-refractivity contribution in [2.24, 2.45) is 0 Å². The number of carbonyl (C=O) groups is 1. The zero-order chi connectivity index (χ0) is 16.9. The summed E-state index contributed by atoms with van der Waals surface area (Å²) < 4.78 is 10.3. The minimum atomic E-state index is -0.516. The molecular weight excluding hydrogens is 328 g/mol. The Balaban J connectivity index is 1.71. The van der Waals surface area contributed by atoms with Crippen LogP contribution in [0.1, 0.15) is 10.4 Å². The number of carbonyl (C=O) groups excluding carboxylic acids is 1. The number of aromatic nitrogens is 2. The Morgan fingerprint density at radius 3 is 2.21 bits per heavy atom. The highest BCUT2D eigenvalue weighted by Crippen LogP contribution is 2.21. The van der Waals surface area contributed by atoms with Gasteiger partial charge in [-0.25, -0.2) is 4.79 Å². The topological polar surface area (TPSA) is 61.3 Å². The maximum atomic E-state index is 12.0. The van der Waals surface area contributed by atoms with Crippen molar-refractivity contribution in [3.05, 3.63) is 71.2 Å². The summed E-state index contributed by atoms with van der Waals surface area (Å²) in [4.78, 5) is 12.0. The standard InChI is InChI=1S/C18H13ClN2O3/c1-23-15-8-4-12(5-9-15)16-10-11-17(21-20-16)24-18(22)13-2-6-14(19)7-3-13/h2-11H,1H3. The normalized spacial score (nSPS) is 10.2. The molecule has 3 rings (SSSR count). The first kappa shape index (κ1) is 16.0. The smallest absolute Gasteiger partial charge is 0.344 e. The molecule has 2 aromatic carbocycles.